The Balaban J connectivity index is 2.05. The molecule has 1 aliphatic carbocycles. The molecule has 0 heterocycles. The van der Waals surface area contributed by atoms with Crippen LogP contribution in [0.1, 0.15) is 45.1 Å². The zero-order chi connectivity index (χ0) is 15.6. The highest BCUT2D eigenvalue weighted by Crippen LogP contribution is 2.37. The lowest BCUT2D eigenvalue weighted by Crippen LogP contribution is -2.36. The summed E-state index contributed by atoms with van der Waals surface area (Å²) in [6, 6.07) is 4.82. The maximum Gasteiger partial charge on any atom is 0.305 e. The Morgan fingerprint density at radius 1 is 1.38 bits per heavy atom. The van der Waals surface area contributed by atoms with Crippen LogP contribution in [-0.2, 0) is 6.54 Å². The fourth-order valence-corrected chi connectivity index (χ4v) is 3.05. The molecule has 21 heavy (non-hydrogen) atoms. The Kier molecular flexibility index (Phi) is 4.61. The summed E-state index contributed by atoms with van der Waals surface area (Å²) in [5.41, 5.74) is 0.357. The fourth-order valence-electron chi connectivity index (χ4n) is 3.05. The quantitative estimate of drug-likeness (QED) is 0.619. The van der Waals surface area contributed by atoms with Crippen LogP contribution in [0.15, 0.2) is 18.2 Å². The van der Waals surface area contributed by atoms with E-state index in [9.17, 15) is 14.5 Å². The van der Waals surface area contributed by atoms with Crippen molar-refractivity contribution in [2.24, 2.45) is 5.41 Å². The number of nitrogens with zero attached hydrogens (tertiary/aromatic N) is 2. The summed E-state index contributed by atoms with van der Waals surface area (Å²) < 4.78 is 14.1. The molecule has 1 aromatic rings. The molecule has 4 nitrogen and oxygen atoms in total. The minimum Gasteiger partial charge on any atom is -0.299 e. The van der Waals surface area contributed by atoms with Crippen molar-refractivity contribution in [3.63, 3.8) is 0 Å². The lowest BCUT2D eigenvalue weighted by atomic mass is 9.75. The lowest BCUT2D eigenvalue weighted by Gasteiger charge is -2.38. The van der Waals surface area contributed by atoms with Crippen LogP contribution in [0.25, 0.3) is 0 Å². The molecule has 1 aromatic carbocycles. The molecule has 0 aliphatic heterocycles. The second-order valence-electron chi connectivity index (χ2n) is 6.82. The maximum absolute atomic E-state index is 14.1. The van der Waals surface area contributed by atoms with Gasteiger partial charge in [0, 0.05) is 24.2 Å². The number of benzene rings is 1. The van der Waals surface area contributed by atoms with Crippen molar-refractivity contribution in [1.29, 1.82) is 0 Å². The van der Waals surface area contributed by atoms with E-state index in [1.807, 2.05) is 7.05 Å². The summed E-state index contributed by atoms with van der Waals surface area (Å²) in [6.07, 6.45) is 4.53. The van der Waals surface area contributed by atoms with Crippen LogP contribution in [0.2, 0.25) is 0 Å². The molecule has 0 unspecified atom stereocenters. The van der Waals surface area contributed by atoms with Crippen molar-refractivity contribution < 1.29 is 9.31 Å². The van der Waals surface area contributed by atoms with Gasteiger partial charge in [-0.2, -0.15) is 4.39 Å². The zero-order valence-corrected chi connectivity index (χ0v) is 12.9. The molecule has 5 heteroatoms. The highest BCUT2D eigenvalue weighted by Gasteiger charge is 2.29. The molecule has 0 aromatic heterocycles. The number of hydrogen-bond acceptors (Lipinski definition) is 3. The maximum atomic E-state index is 14.1. The summed E-state index contributed by atoms with van der Waals surface area (Å²) in [7, 11) is 1.97. The van der Waals surface area contributed by atoms with Crippen molar-refractivity contribution in [2.75, 3.05) is 7.05 Å². The molecule has 1 aliphatic rings. The van der Waals surface area contributed by atoms with Crippen LogP contribution in [0.4, 0.5) is 10.1 Å². The van der Waals surface area contributed by atoms with Gasteiger partial charge in [-0.1, -0.05) is 26.0 Å². The first-order chi connectivity index (χ1) is 9.80. The Labute approximate surface area is 125 Å². The molecule has 116 valence electrons. The van der Waals surface area contributed by atoms with Crippen molar-refractivity contribution in [3.8, 4) is 0 Å². The number of rotatable bonds is 4. The molecule has 0 amide bonds. The Morgan fingerprint density at radius 3 is 2.57 bits per heavy atom. The zero-order valence-electron chi connectivity index (χ0n) is 12.9. The van der Waals surface area contributed by atoms with E-state index >= 15 is 0 Å². The molecule has 0 radical (unpaired) electrons. The standard InChI is InChI=1S/C16H23FN2O2/c1-16(2)9-7-13(8-10-16)18(3)11-12-5-4-6-14(15(12)17)19(20)21/h4-6,13H,7-11H2,1-3H3. The first-order valence-corrected chi connectivity index (χ1v) is 7.42. The molecular formula is C16H23FN2O2. The second-order valence-corrected chi connectivity index (χ2v) is 6.82. The minimum absolute atomic E-state index is 0.397. The summed E-state index contributed by atoms with van der Waals surface area (Å²) in [4.78, 5) is 12.2. The largest absolute Gasteiger partial charge is 0.305 e. The first-order valence-electron chi connectivity index (χ1n) is 7.42. The molecule has 1 fully saturated rings. The van der Waals surface area contributed by atoms with Gasteiger partial charge in [-0.25, -0.2) is 0 Å². The average molecular weight is 294 g/mol. The van der Waals surface area contributed by atoms with Gasteiger partial charge in [-0.05, 0) is 38.1 Å². The van der Waals surface area contributed by atoms with Gasteiger partial charge >= 0.3 is 5.69 Å². The third-order valence-electron chi connectivity index (χ3n) is 4.61. The topological polar surface area (TPSA) is 46.4 Å². The molecule has 2 rings (SSSR count). The summed E-state index contributed by atoms with van der Waals surface area (Å²) in [5, 5.41) is 10.8. The van der Waals surface area contributed by atoms with Crippen LogP contribution in [-0.4, -0.2) is 22.9 Å². The monoisotopic (exact) mass is 294 g/mol. The smallest absolute Gasteiger partial charge is 0.299 e. The van der Waals surface area contributed by atoms with Crippen molar-refractivity contribution in [1.82, 2.24) is 4.90 Å². The molecular weight excluding hydrogens is 271 g/mol. The average Bonchev–Trinajstić information content (AvgIpc) is 2.40. The SMILES string of the molecule is CN(Cc1cccc([N+](=O)[O-])c1F)C1CCC(C)(C)CC1. The van der Waals surface area contributed by atoms with Gasteiger partial charge in [0.15, 0.2) is 0 Å². The van der Waals surface area contributed by atoms with Gasteiger partial charge in [0.05, 0.1) is 4.92 Å². The van der Waals surface area contributed by atoms with E-state index in [0.717, 1.165) is 12.8 Å². The fraction of sp³-hybridized carbons (Fsp3) is 0.625. The highest BCUT2D eigenvalue weighted by atomic mass is 19.1. The predicted octanol–water partition coefficient (Wildman–Crippen LogP) is 4.13. The second kappa shape index (κ2) is 6.10. The van der Waals surface area contributed by atoms with Crippen LogP contribution < -0.4 is 0 Å². The Morgan fingerprint density at radius 2 is 2.00 bits per heavy atom. The van der Waals surface area contributed by atoms with Gasteiger partial charge in [0.25, 0.3) is 0 Å². The number of halogens is 1. The summed E-state index contributed by atoms with van der Waals surface area (Å²) in [6.45, 7) is 4.98. The molecule has 1 saturated carbocycles. The molecule has 0 atom stereocenters. The number of hydrogen-bond donors (Lipinski definition) is 0. The van der Waals surface area contributed by atoms with Crippen molar-refractivity contribution >= 4 is 5.69 Å². The van der Waals surface area contributed by atoms with E-state index in [4.69, 9.17) is 0 Å². The van der Waals surface area contributed by atoms with E-state index in [0.29, 0.717) is 23.6 Å². The number of nitro benzene ring substituents is 1. The summed E-state index contributed by atoms with van der Waals surface area (Å²) in [5.74, 6) is -0.703. The van der Waals surface area contributed by atoms with E-state index in [2.05, 4.69) is 18.7 Å². The Bertz CT molecular complexity index is 521. The first kappa shape index (κ1) is 15.9. The molecule has 0 saturated heterocycles. The van der Waals surface area contributed by atoms with Crippen LogP contribution >= 0.6 is 0 Å². The van der Waals surface area contributed by atoms with Gasteiger partial charge < -0.3 is 0 Å². The molecule has 0 N–H and O–H groups in total. The van der Waals surface area contributed by atoms with Gasteiger partial charge in [-0.3, -0.25) is 15.0 Å². The van der Waals surface area contributed by atoms with Gasteiger partial charge in [0.1, 0.15) is 0 Å². The molecule has 0 spiro atoms. The van der Waals surface area contributed by atoms with Gasteiger partial charge in [0.2, 0.25) is 5.82 Å². The van der Waals surface area contributed by atoms with E-state index in [1.165, 1.54) is 18.9 Å². The van der Waals surface area contributed by atoms with Crippen LogP contribution in [0.5, 0.6) is 0 Å². The lowest BCUT2D eigenvalue weighted by molar-refractivity contribution is -0.387. The highest BCUT2D eigenvalue weighted by molar-refractivity contribution is 5.36. The van der Waals surface area contributed by atoms with Crippen molar-refractivity contribution in [2.45, 2.75) is 52.1 Å². The Hall–Kier alpha value is -1.49. The third-order valence-corrected chi connectivity index (χ3v) is 4.61. The molecule has 0 bridgehead atoms. The van der Waals surface area contributed by atoms with Crippen LogP contribution in [0, 0.1) is 21.3 Å². The van der Waals surface area contributed by atoms with E-state index in [1.54, 1.807) is 12.1 Å². The van der Waals surface area contributed by atoms with E-state index in [-0.39, 0.29) is 0 Å². The normalized spacial score (nSPS) is 18.9. The van der Waals surface area contributed by atoms with Gasteiger partial charge in [-0.15, -0.1) is 0 Å². The summed E-state index contributed by atoms with van der Waals surface area (Å²) >= 11 is 0. The third kappa shape index (κ3) is 3.79. The van der Waals surface area contributed by atoms with Crippen LogP contribution in [0.3, 0.4) is 0 Å². The predicted molar refractivity (Wildman–Crippen MR) is 80.6 cm³/mol. The van der Waals surface area contributed by atoms with E-state index < -0.39 is 16.4 Å². The van der Waals surface area contributed by atoms with Crippen molar-refractivity contribution in [3.05, 3.63) is 39.7 Å². The minimum atomic E-state index is -0.703. The number of nitro groups is 1.